The fourth-order valence-electron chi connectivity index (χ4n) is 2.41. The van der Waals surface area contributed by atoms with E-state index in [0.29, 0.717) is 12.1 Å². The summed E-state index contributed by atoms with van der Waals surface area (Å²) in [5.41, 5.74) is 1.61. The molecule has 3 rings (SSSR count). The minimum absolute atomic E-state index is 0.140. The molecule has 2 heterocycles. The highest BCUT2D eigenvalue weighted by Crippen LogP contribution is 2.14. The van der Waals surface area contributed by atoms with Gasteiger partial charge in [-0.1, -0.05) is 19.1 Å². The lowest BCUT2D eigenvalue weighted by Gasteiger charge is -2.16. The zero-order valence-electron chi connectivity index (χ0n) is 13.5. The topological polar surface area (TPSA) is 103 Å². The van der Waals surface area contributed by atoms with E-state index in [1.807, 2.05) is 26.1 Å². The van der Waals surface area contributed by atoms with Crippen LogP contribution in [-0.4, -0.2) is 40.9 Å². The van der Waals surface area contributed by atoms with E-state index in [-0.39, 0.29) is 11.9 Å². The SMILES string of the molecule is CC[C@H](NC(=O)c1ccc(Cn2cnnn2)cc1)c1ncnn1C. The monoisotopic (exact) mass is 326 g/mol. The van der Waals surface area contributed by atoms with Gasteiger partial charge in [0.1, 0.15) is 18.5 Å². The number of amides is 1. The Morgan fingerprint density at radius 2 is 2.08 bits per heavy atom. The number of hydrogen-bond acceptors (Lipinski definition) is 6. The third-order valence-corrected chi connectivity index (χ3v) is 3.72. The second-order valence-electron chi connectivity index (χ2n) is 5.38. The second-order valence-corrected chi connectivity index (χ2v) is 5.38. The first-order valence-electron chi connectivity index (χ1n) is 7.62. The van der Waals surface area contributed by atoms with E-state index >= 15 is 0 Å². The van der Waals surface area contributed by atoms with E-state index in [1.54, 1.807) is 27.8 Å². The van der Waals surface area contributed by atoms with Crippen LogP contribution >= 0.6 is 0 Å². The number of nitrogens with one attached hydrogen (secondary N) is 1. The van der Waals surface area contributed by atoms with Crippen LogP contribution in [-0.2, 0) is 13.6 Å². The first-order chi connectivity index (χ1) is 11.7. The predicted octanol–water partition coefficient (Wildman–Crippen LogP) is 0.731. The van der Waals surface area contributed by atoms with Crippen molar-refractivity contribution in [3.8, 4) is 0 Å². The van der Waals surface area contributed by atoms with Crippen LogP contribution in [0.4, 0.5) is 0 Å². The number of hydrogen-bond donors (Lipinski definition) is 1. The molecule has 1 atom stereocenters. The van der Waals surface area contributed by atoms with Gasteiger partial charge >= 0.3 is 0 Å². The summed E-state index contributed by atoms with van der Waals surface area (Å²) in [6.07, 6.45) is 3.76. The summed E-state index contributed by atoms with van der Waals surface area (Å²) < 4.78 is 3.29. The molecule has 0 saturated heterocycles. The predicted molar refractivity (Wildman–Crippen MR) is 84.9 cm³/mol. The molecule has 0 spiro atoms. The summed E-state index contributed by atoms with van der Waals surface area (Å²) in [6.45, 7) is 2.56. The number of aromatic nitrogens is 7. The molecule has 124 valence electrons. The number of aryl methyl sites for hydroxylation is 1. The molecule has 0 bridgehead atoms. The van der Waals surface area contributed by atoms with Gasteiger partial charge in [-0.25, -0.2) is 9.67 Å². The van der Waals surface area contributed by atoms with Crippen LogP contribution in [0.25, 0.3) is 0 Å². The van der Waals surface area contributed by atoms with E-state index in [2.05, 4.69) is 30.9 Å². The summed E-state index contributed by atoms with van der Waals surface area (Å²) >= 11 is 0. The molecule has 0 unspecified atom stereocenters. The third kappa shape index (κ3) is 3.45. The normalized spacial score (nSPS) is 12.1. The van der Waals surface area contributed by atoms with E-state index in [9.17, 15) is 4.79 Å². The van der Waals surface area contributed by atoms with Crippen molar-refractivity contribution in [2.45, 2.75) is 25.9 Å². The largest absolute Gasteiger partial charge is 0.342 e. The number of carbonyl (C=O) groups is 1. The molecule has 0 aliphatic carbocycles. The van der Waals surface area contributed by atoms with Crippen molar-refractivity contribution in [3.63, 3.8) is 0 Å². The molecular weight excluding hydrogens is 308 g/mol. The van der Waals surface area contributed by atoms with E-state index in [4.69, 9.17) is 0 Å². The van der Waals surface area contributed by atoms with Crippen molar-refractivity contribution < 1.29 is 4.79 Å². The molecule has 9 heteroatoms. The van der Waals surface area contributed by atoms with Crippen molar-refractivity contribution in [2.75, 3.05) is 0 Å². The lowest BCUT2D eigenvalue weighted by Crippen LogP contribution is -2.30. The van der Waals surface area contributed by atoms with Gasteiger partial charge in [-0.15, -0.1) is 5.10 Å². The zero-order valence-corrected chi connectivity index (χ0v) is 13.5. The van der Waals surface area contributed by atoms with Crippen LogP contribution in [0.5, 0.6) is 0 Å². The maximum Gasteiger partial charge on any atom is 0.251 e. The molecule has 9 nitrogen and oxygen atoms in total. The van der Waals surface area contributed by atoms with E-state index in [1.165, 1.54) is 6.33 Å². The summed E-state index contributed by atoms with van der Waals surface area (Å²) in [5.74, 6) is 0.597. The van der Waals surface area contributed by atoms with Gasteiger partial charge in [0.2, 0.25) is 0 Å². The van der Waals surface area contributed by atoms with Crippen LogP contribution in [0.1, 0.15) is 41.1 Å². The molecule has 0 fully saturated rings. The molecule has 0 aliphatic heterocycles. The maximum absolute atomic E-state index is 12.4. The number of benzene rings is 1. The highest BCUT2D eigenvalue weighted by Gasteiger charge is 2.18. The Balaban J connectivity index is 1.67. The first-order valence-corrected chi connectivity index (χ1v) is 7.62. The van der Waals surface area contributed by atoms with Gasteiger partial charge in [0, 0.05) is 12.6 Å². The summed E-state index contributed by atoms with van der Waals surface area (Å²) in [4.78, 5) is 16.6. The average molecular weight is 326 g/mol. The van der Waals surface area contributed by atoms with Crippen molar-refractivity contribution in [1.29, 1.82) is 0 Å². The highest BCUT2D eigenvalue weighted by atomic mass is 16.1. The Morgan fingerprint density at radius 1 is 1.29 bits per heavy atom. The Kier molecular flexibility index (Phi) is 4.59. The number of nitrogens with zero attached hydrogens (tertiary/aromatic N) is 7. The molecule has 0 radical (unpaired) electrons. The third-order valence-electron chi connectivity index (χ3n) is 3.72. The van der Waals surface area contributed by atoms with Crippen LogP contribution in [0.15, 0.2) is 36.9 Å². The molecule has 0 aliphatic rings. The van der Waals surface area contributed by atoms with Crippen molar-refractivity contribution in [3.05, 3.63) is 53.9 Å². The highest BCUT2D eigenvalue weighted by molar-refractivity contribution is 5.94. The quantitative estimate of drug-likeness (QED) is 0.716. The minimum Gasteiger partial charge on any atom is -0.342 e. The zero-order chi connectivity index (χ0) is 16.9. The second kappa shape index (κ2) is 6.99. The number of rotatable bonds is 6. The molecule has 0 saturated carbocycles. The smallest absolute Gasteiger partial charge is 0.251 e. The van der Waals surface area contributed by atoms with Crippen LogP contribution in [0.3, 0.4) is 0 Å². The number of carbonyl (C=O) groups excluding carboxylic acids is 1. The summed E-state index contributed by atoms with van der Waals surface area (Å²) in [7, 11) is 1.81. The van der Waals surface area contributed by atoms with Crippen molar-refractivity contribution >= 4 is 5.91 Å². The molecule has 3 aromatic rings. The van der Waals surface area contributed by atoms with E-state index < -0.39 is 0 Å². The van der Waals surface area contributed by atoms with Gasteiger partial charge < -0.3 is 5.32 Å². The molecule has 1 aromatic carbocycles. The van der Waals surface area contributed by atoms with Crippen LogP contribution in [0, 0.1) is 0 Å². The summed E-state index contributed by atoms with van der Waals surface area (Å²) in [6, 6.07) is 7.18. The van der Waals surface area contributed by atoms with Crippen molar-refractivity contribution in [1.82, 2.24) is 40.3 Å². The molecule has 24 heavy (non-hydrogen) atoms. The fourth-order valence-corrected chi connectivity index (χ4v) is 2.41. The maximum atomic E-state index is 12.4. The van der Waals surface area contributed by atoms with Gasteiger partial charge in [-0.3, -0.25) is 9.48 Å². The van der Waals surface area contributed by atoms with Crippen LogP contribution in [0.2, 0.25) is 0 Å². The molecule has 1 N–H and O–H groups in total. The van der Waals surface area contributed by atoms with Crippen LogP contribution < -0.4 is 5.32 Å². The van der Waals surface area contributed by atoms with Gasteiger partial charge in [0.15, 0.2) is 0 Å². The lowest BCUT2D eigenvalue weighted by molar-refractivity contribution is 0.0933. The Hall–Kier alpha value is -3.10. The van der Waals surface area contributed by atoms with E-state index in [0.717, 1.165) is 17.8 Å². The molecule has 2 aromatic heterocycles. The Labute approximate surface area is 138 Å². The Bertz CT molecular complexity index is 793. The average Bonchev–Trinajstić information content (AvgIpc) is 3.25. The standard InChI is InChI=1S/C15H18N8O/c1-3-13(14-16-9-18-22(14)2)19-15(24)12-6-4-11(5-7-12)8-23-10-17-20-21-23/h4-7,9-10,13H,3,8H2,1-2H3,(H,19,24)/t13-/m0/s1. The Morgan fingerprint density at radius 3 is 2.67 bits per heavy atom. The van der Waals surface area contributed by atoms with Crippen molar-refractivity contribution in [2.24, 2.45) is 7.05 Å². The molecular formula is C15H18N8O. The number of tetrazole rings is 1. The molecule has 1 amide bonds. The minimum atomic E-state index is -0.175. The first kappa shape index (κ1) is 15.8. The van der Waals surface area contributed by atoms with Gasteiger partial charge in [-0.05, 0) is 34.5 Å². The summed E-state index contributed by atoms with van der Waals surface area (Å²) in [5, 5.41) is 18.0. The van der Waals surface area contributed by atoms with Gasteiger partial charge in [0.05, 0.1) is 12.6 Å². The van der Waals surface area contributed by atoms with Gasteiger partial charge in [-0.2, -0.15) is 5.10 Å². The van der Waals surface area contributed by atoms with Gasteiger partial charge in [0.25, 0.3) is 5.91 Å². The lowest BCUT2D eigenvalue weighted by atomic mass is 10.1. The fraction of sp³-hybridized carbons (Fsp3) is 0.333.